The molecule has 0 spiro atoms. The third-order valence-corrected chi connectivity index (χ3v) is 32.1. The van der Waals surface area contributed by atoms with Gasteiger partial charge in [0, 0.05) is 24.2 Å². The summed E-state index contributed by atoms with van der Waals surface area (Å²) in [5, 5.41) is 13.6. The summed E-state index contributed by atoms with van der Waals surface area (Å²) >= 11 is 0. The Morgan fingerprint density at radius 1 is 0.514 bits per heavy atom. The predicted octanol–water partition coefficient (Wildman–Crippen LogP) is 12.2. The normalized spacial score (nSPS) is 11.4. The smallest absolute Gasteiger partial charge is 0.333 e. The number of nitrogens with one attached hydrogen (secondary N) is 2. The Morgan fingerprint density at radius 2 is 0.843 bits per heavy atom. The highest BCUT2D eigenvalue weighted by Gasteiger charge is 2.40. The van der Waals surface area contributed by atoms with Crippen molar-refractivity contribution in [3.63, 3.8) is 0 Å². The minimum Gasteiger partial charge on any atom is -0.460 e. The molecule has 70 heavy (non-hydrogen) atoms. The van der Waals surface area contributed by atoms with Crippen molar-refractivity contribution in [1.82, 2.24) is 10.6 Å². The average molecular weight is 1110 g/mol. The number of hydrogen-bond acceptors (Lipinski definition) is 14. The van der Waals surface area contributed by atoms with Gasteiger partial charge in [-0.1, -0.05) is 82.4 Å². The Balaban J connectivity index is -0.000000183. The second-order valence-electron chi connectivity index (χ2n) is 19.6. The van der Waals surface area contributed by atoms with Crippen molar-refractivity contribution in [3.05, 3.63) is 24.3 Å². The second kappa shape index (κ2) is 44.5. The summed E-state index contributed by atoms with van der Waals surface area (Å²) < 4.78 is 50.5. The largest absolute Gasteiger partial charge is 0.460 e. The molecule has 0 aromatic carbocycles. The van der Waals surface area contributed by atoms with Gasteiger partial charge in [0.2, 0.25) is 0 Å². The van der Waals surface area contributed by atoms with Gasteiger partial charge in [-0.15, -0.1) is 0 Å². The zero-order valence-corrected chi connectivity index (χ0v) is 50.5. The van der Waals surface area contributed by atoms with Gasteiger partial charge in [0.25, 0.3) is 6.26 Å². The standard InChI is InChI=1S/C22H48N2O6Si3.C13H35NO2Si3.C9H13NO4.4CH4/c1-10-11-18-31(4,5)29-33(8,9)30-32(6,7)19-12-13-23-22(26)24-14-15-27-16-17-28-21(25)20(2)3;1-8-9-12-17(2,3)15-19(6,7)16-18(4,5)13-10-11-14;1-8(2)9(11)14-6-5-12-3-4-13-7-10;;;;/h2,10-19H2,1,3-9H3,(H2,23,24,26);8-14H2,1-7H3;1,3-6H2,2H3;4*1H4. The molecule has 0 aliphatic rings. The van der Waals surface area contributed by atoms with Gasteiger partial charge in [0.05, 0.1) is 26.4 Å². The minimum atomic E-state index is -2.17. The van der Waals surface area contributed by atoms with Crippen molar-refractivity contribution in [2.24, 2.45) is 5.73 Å². The molecule has 16 nitrogen and oxygen atoms in total. The number of hydrogen-bond donors (Lipinski definition) is 3. The van der Waals surface area contributed by atoms with Crippen LogP contribution in [0.5, 0.6) is 0 Å². The SMILES string of the molecule is C.C.C.C.C=C(C)C(=O)OCCOCCNC(=O)NCCC[Si](C)(C)O[Si](C)(C)O[Si](C)(C)CCCC.C=C(C)C(=O)OCCOCCOC#N.CCCC[Si](C)(C)O[Si](C)(C)O[Si](C)(C)CCCN. The molecule has 0 aliphatic heterocycles. The molecule has 0 radical (unpaired) electrons. The van der Waals surface area contributed by atoms with Gasteiger partial charge in [-0.2, -0.15) is 5.26 Å². The maximum absolute atomic E-state index is 11.9. The first-order valence-electron chi connectivity index (χ1n) is 23.8. The van der Waals surface area contributed by atoms with Crippen molar-refractivity contribution in [3.8, 4) is 6.26 Å². The third kappa shape index (κ3) is 53.8. The number of carbonyl (C=O) groups excluding carboxylic acids is 3. The molecule has 0 aromatic heterocycles. The molecule has 0 bridgehead atoms. The number of urea groups is 1. The first-order valence-corrected chi connectivity index (χ1v) is 41.8. The number of nitrogens with two attached hydrogens (primary N) is 1. The van der Waals surface area contributed by atoms with Gasteiger partial charge in [-0.3, -0.25) is 0 Å². The van der Waals surface area contributed by atoms with Crippen LogP contribution < -0.4 is 16.4 Å². The number of carbonyl (C=O) groups is 3. The van der Waals surface area contributed by atoms with Crippen LogP contribution in [-0.2, 0) is 49.7 Å². The van der Waals surface area contributed by atoms with E-state index in [-0.39, 0.29) is 68.8 Å². The van der Waals surface area contributed by atoms with E-state index in [2.05, 4.69) is 121 Å². The lowest BCUT2D eigenvalue weighted by atomic mass is 10.4. The van der Waals surface area contributed by atoms with Crippen LogP contribution in [0.4, 0.5) is 4.79 Å². The number of nitrogens with zero attached hydrogens (tertiary/aromatic N) is 1. The van der Waals surface area contributed by atoms with Crippen molar-refractivity contribution in [2.45, 2.75) is 199 Å². The molecular weight excluding hydrogens is 993 g/mol. The van der Waals surface area contributed by atoms with E-state index in [1.807, 2.05) is 0 Å². The van der Waals surface area contributed by atoms with Crippen molar-refractivity contribution < 1.29 is 54.5 Å². The number of esters is 2. The highest BCUT2D eigenvalue weighted by Crippen LogP contribution is 2.27. The van der Waals surface area contributed by atoms with Crippen LogP contribution in [-0.4, -0.2) is 134 Å². The van der Waals surface area contributed by atoms with Crippen molar-refractivity contribution in [1.29, 1.82) is 5.26 Å². The number of ether oxygens (including phenoxy) is 5. The van der Waals surface area contributed by atoms with Crippen molar-refractivity contribution >= 4 is 68.4 Å². The Kier molecular flexibility index (Phi) is 52.1. The Labute approximate surface area is 437 Å². The van der Waals surface area contributed by atoms with E-state index in [1.165, 1.54) is 44.0 Å². The summed E-state index contributed by atoms with van der Waals surface area (Å²) in [6, 6.07) is 4.32. The quantitative estimate of drug-likeness (QED) is 0.0177. The molecule has 0 saturated heterocycles. The fraction of sp³-hybridized carbons (Fsp3) is 0.833. The number of amides is 2. The number of unbranched alkanes of at least 4 members (excludes halogenated alkanes) is 2. The Bertz CT molecular complexity index is 1390. The van der Waals surface area contributed by atoms with Crippen LogP contribution >= 0.6 is 0 Å². The molecule has 0 fully saturated rings. The average Bonchev–Trinajstić information content (AvgIpc) is 3.18. The molecule has 0 heterocycles. The first kappa shape index (κ1) is 82.0. The van der Waals surface area contributed by atoms with Gasteiger partial charge in [-0.25, -0.2) is 14.4 Å². The fourth-order valence-electron chi connectivity index (χ4n) is 6.64. The van der Waals surface area contributed by atoms with Gasteiger partial charge < -0.3 is 56.5 Å². The van der Waals surface area contributed by atoms with E-state index in [1.54, 1.807) is 13.8 Å². The Morgan fingerprint density at radius 3 is 1.19 bits per heavy atom. The summed E-state index contributed by atoms with van der Waals surface area (Å²) in [6.07, 6.45) is 8.40. The minimum absolute atomic E-state index is 0. The fourth-order valence-corrected chi connectivity index (χ4v) is 35.1. The van der Waals surface area contributed by atoms with Gasteiger partial charge >= 0.3 is 35.1 Å². The van der Waals surface area contributed by atoms with Crippen LogP contribution in [0.1, 0.15) is 95.9 Å². The van der Waals surface area contributed by atoms with E-state index >= 15 is 0 Å². The van der Waals surface area contributed by atoms with Crippen LogP contribution in [0, 0.1) is 11.5 Å². The Hall–Kier alpha value is -2.00. The summed E-state index contributed by atoms with van der Waals surface area (Å²) in [4.78, 5) is 34.0. The number of rotatable bonds is 35. The maximum Gasteiger partial charge on any atom is 0.333 e. The molecule has 0 unspecified atom stereocenters. The molecule has 0 rings (SSSR count). The topological polar surface area (TPSA) is 208 Å². The van der Waals surface area contributed by atoms with E-state index in [0.717, 1.165) is 31.5 Å². The van der Waals surface area contributed by atoms with Crippen LogP contribution in [0.25, 0.3) is 0 Å². The van der Waals surface area contributed by atoms with Gasteiger partial charge in [0.15, 0.2) is 33.3 Å². The second-order valence-corrected chi connectivity index (χ2v) is 44.6. The summed E-state index contributed by atoms with van der Waals surface area (Å²) in [7, 11) is -10.9. The molecule has 0 atom stereocenters. The summed E-state index contributed by atoms with van der Waals surface area (Å²) in [5.41, 5.74) is 6.33. The molecular formula is C48H112N4O12Si6. The van der Waals surface area contributed by atoms with Crippen LogP contribution in [0.2, 0.25) is 103 Å². The van der Waals surface area contributed by atoms with E-state index < -0.39 is 62.3 Å². The lowest BCUT2D eigenvalue weighted by Gasteiger charge is -2.39. The molecule has 2 amide bonds. The van der Waals surface area contributed by atoms with Crippen LogP contribution in [0.15, 0.2) is 24.3 Å². The van der Waals surface area contributed by atoms with E-state index in [9.17, 15) is 14.4 Å². The summed E-state index contributed by atoms with van der Waals surface area (Å²) in [6.45, 7) is 45.1. The zero-order valence-electron chi connectivity index (χ0n) is 44.5. The molecule has 0 aliphatic carbocycles. The van der Waals surface area contributed by atoms with E-state index in [0.29, 0.717) is 37.4 Å². The lowest BCUT2D eigenvalue weighted by molar-refractivity contribution is -0.141. The van der Waals surface area contributed by atoms with Crippen molar-refractivity contribution in [2.75, 3.05) is 65.9 Å². The maximum atomic E-state index is 11.9. The molecule has 420 valence electrons. The predicted molar refractivity (Wildman–Crippen MR) is 310 cm³/mol. The highest BCUT2D eigenvalue weighted by molar-refractivity contribution is 6.88. The monoisotopic (exact) mass is 1100 g/mol. The lowest BCUT2D eigenvalue weighted by Crippen LogP contribution is -2.52. The zero-order chi connectivity index (χ0) is 51.5. The number of nitriles is 1. The van der Waals surface area contributed by atoms with Gasteiger partial charge in [-0.05, 0) is 136 Å². The third-order valence-electron chi connectivity index (χ3n) is 9.12. The summed E-state index contributed by atoms with van der Waals surface area (Å²) in [5.74, 6) is -0.856. The van der Waals surface area contributed by atoms with E-state index in [4.69, 9.17) is 46.4 Å². The molecule has 0 aromatic rings. The highest BCUT2D eigenvalue weighted by atomic mass is 28.5. The molecule has 0 saturated carbocycles. The van der Waals surface area contributed by atoms with Gasteiger partial charge in [0.1, 0.15) is 19.8 Å². The molecule has 22 heteroatoms. The van der Waals surface area contributed by atoms with Crippen LogP contribution in [0.3, 0.4) is 0 Å². The first-order chi connectivity index (χ1) is 30.4. The molecule has 4 N–H and O–H groups in total.